The van der Waals surface area contributed by atoms with Crippen LogP contribution < -0.4 is 0 Å². The molecule has 0 aliphatic heterocycles. The molecule has 56 valence electrons. The lowest BCUT2D eigenvalue weighted by molar-refractivity contribution is 0.656. The SMILES string of the molecule is C=CN=CC(=C)CC(C)C. The van der Waals surface area contributed by atoms with Gasteiger partial charge in [-0.15, -0.1) is 0 Å². The minimum atomic E-state index is 0.656. The number of allylic oxidation sites excluding steroid dienone is 1. The van der Waals surface area contributed by atoms with E-state index in [4.69, 9.17) is 0 Å². The van der Waals surface area contributed by atoms with E-state index in [-0.39, 0.29) is 0 Å². The van der Waals surface area contributed by atoms with Crippen LogP contribution in [0.3, 0.4) is 0 Å². The molecule has 0 amide bonds. The molecule has 0 fully saturated rings. The Bertz CT molecular complexity index is 143. The van der Waals surface area contributed by atoms with Gasteiger partial charge in [0.05, 0.1) is 0 Å². The summed E-state index contributed by atoms with van der Waals surface area (Å²) < 4.78 is 0. The third kappa shape index (κ3) is 5.29. The molecule has 0 aliphatic carbocycles. The van der Waals surface area contributed by atoms with Crippen LogP contribution in [0.1, 0.15) is 20.3 Å². The highest BCUT2D eigenvalue weighted by atomic mass is 14.7. The van der Waals surface area contributed by atoms with E-state index in [2.05, 4.69) is 32.0 Å². The average Bonchev–Trinajstić information content (AvgIpc) is 1.82. The summed E-state index contributed by atoms with van der Waals surface area (Å²) in [7, 11) is 0. The second kappa shape index (κ2) is 4.98. The Morgan fingerprint density at radius 3 is 2.60 bits per heavy atom. The molecular formula is C9H15N. The minimum absolute atomic E-state index is 0.656. The van der Waals surface area contributed by atoms with Gasteiger partial charge in [-0.2, -0.15) is 0 Å². The van der Waals surface area contributed by atoms with Crippen molar-refractivity contribution >= 4 is 6.21 Å². The monoisotopic (exact) mass is 137 g/mol. The molecule has 10 heavy (non-hydrogen) atoms. The molecular weight excluding hydrogens is 122 g/mol. The van der Waals surface area contributed by atoms with Crippen molar-refractivity contribution in [1.82, 2.24) is 0 Å². The number of hydrogen-bond donors (Lipinski definition) is 0. The third-order valence-electron chi connectivity index (χ3n) is 1.03. The molecule has 1 heteroatoms. The van der Waals surface area contributed by atoms with E-state index in [1.807, 2.05) is 0 Å². The van der Waals surface area contributed by atoms with Gasteiger partial charge in [0.1, 0.15) is 0 Å². The summed E-state index contributed by atoms with van der Waals surface area (Å²) in [5.74, 6) is 0.656. The van der Waals surface area contributed by atoms with Gasteiger partial charge < -0.3 is 0 Å². The van der Waals surface area contributed by atoms with E-state index in [0.717, 1.165) is 12.0 Å². The van der Waals surface area contributed by atoms with Crippen molar-refractivity contribution in [3.63, 3.8) is 0 Å². The van der Waals surface area contributed by atoms with Crippen molar-refractivity contribution in [2.24, 2.45) is 10.9 Å². The van der Waals surface area contributed by atoms with Gasteiger partial charge in [-0.25, -0.2) is 0 Å². The van der Waals surface area contributed by atoms with Crippen LogP contribution >= 0.6 is 0 Å². The largest absolute Gasteiger partial charge is 0.265 e. The van der Waals surface area contributed by atoms with E-state index in [1.54, 1.807) is 6.21 Å². The van der Waals surface area contributed by atoms with Gasteiger partial charge in [0.25, 0.3) is 0 Å². The molecule has 0 radical (unpaired) electrons. The summed E-state index contributed by atoms with van der Waals surface area (Å²) in [5, 5.41) is 0. The maximum Gasteiger partial charge on any atom is 0.0293 e. The summed E-state index contributed by atoms with van der Waals surface area (Å²) in [5.41, 5.74) is 1.06. The topological polar surface area (TPSA) is 12.4 Å². The quantitative estimate of drug-likeness (QED) is 0.528. The first kappa shape index (κ1) is 9.15. The zero-order valence-corrected chi connectivity index (χ0v) is 6.80. The molecule has 0 bridgehead atoms. The fourth-order valence-corrected chi connectivity index (χ4v) is 0.735. The van der Waals surface area contributed by atoms with Gasteiger partial charge in [0, 0.05) is 12.4 Å². The van der Waals surface area contributed by atoms with E-state index in [0.29, 0.717) is 5.92 Å². The fraction of sp³-hybridized carbons (Fsp3) is 0.444. The summed E-state index contributed by atoms with van der Waals surface area (Å²) >= 11 is 0. The molecule has 0 aromatic carbocycles. The second-order valence-corrected chi connectivity index (χ2v) is 2.72. The Balaban J connectivity index is 3.64. The van der Waals surface area contributed by atoms with Crippen LogP contribution in [0.15, 0.2) is 29.9 Å². The second-order valence-electron chi connectivity index (χ2n) is 2.72. The normalized spacial score (nSPS) is 10.7. The Kier molecular flexibility index (Phi) is 4.55. The molecule has 0 unspecified atom stereocenters. The van der Waals surface area contributed by atoms with Crippen molar-refractivity contribution in [3.05, 3.63) is 24.9 Å². The van der Waals surface area contributed by atoms with Crippen LogP contribution in [0, 0.1) is 5.92 Å². The van der Waals surface area contributed by atoms with E-state index < -0.39 is 0 Å². The lowest BCUT2D eigenvalue weighted by Crippen LogP contribution is -1.90. The van der Waals surface area contributed by atoms with Gasteiger partial charge in [-0.1, -0.05) is 27.0 Å². The van der Waals surface area contributed by atoms with E-state index in [9.17, 15) is 0 Å². The maximum atomic E-state index is 3.86. The first-order valence-corrected chi connectivity index (χ1v) is 3.48. The summed E-state index contributed by atoms with van der Waals surface area (Å²) in [4.78, 5) is 3.86. The van der Waals surface area contributed by atoms with Crippen LogP contribution in [0.25, 0.3) is 0 Å². The molecule has 0 N–H and O–H groups in total. The van der Waals surface area contributed by atoms with Gasteiger partial charge >= 0.3 is 0 Å². The summed E-state index contributed by atoms with van der Waals surface area (Å²) in [6.45, 7) is 11.6. The third-order valence-corrected chi connectivity index (χ3v) is 1.03. The fourth-order valence-electron chi connectivity index (χ4n) is 0.735. The Morgan fingerprint density at radius 2 is 2.20 bits per heavy atom. The molecule has 0 aliphatic rings. The van der Waals surface area contributed by atoms with Gasteiger partial charge in [-0.3, -0.25) is 4.99 Å². The molecule has 0 spiro atoms. The van der Waals surface area contributed by atoms with Crippen LogP contribution in [0.2, 0.25) is 0 Å². The molecule has 0 aromatic rings. The first-order chi connectivity index (χ1) is 4.66. The van der Waals surface area contributed by atoms with Crippen LogP contribution in [0.5, 0.6) is 0 Å². The zero-order valence-electron chi connectivity index (χ0n) is 6.80. The molecule has 0 saturated carbocycles. The standard InChI is InChI=1S/C9H15N/c1-5-10-7-9(4)6-8(2)3/h5,7-8H,1,4,6H2,2-3H3. The smallest absolute Gasteiger partial charge is 0.0293 e. The summed E-state index contributed by atoms with van der Waals surface area (Å²) in [6.07, 6.45) is 4.29. The maximum absolute atomic E-state index is 3.86. The van der Waals surface area contributed by atoms with E-state index in [1.165, 1.54) is 6.20 Å². The molecule has 0 heterocycles. The number of rotatable bonds is 4. The lowest BCUT2D eigenvalue weighted by Gasteiger charge is -2.01. The average molecular weight is 137 g/mol. The highest BCUT2D eigenvalue weighted by molar-refractivity contribution is 5.77. The summed E-state index contributed by atoms with van der Waals surface area (Å²) in [6, 6.07) is 0. The van der Waals surface area contributed by atoms with Crippen molar-refractivity contribution in [2.45, 2.75) is 20.3 Å². The zero-order chi connectivity index (χ0) is 7.98. The number of hydrogen-bond acceptors (Lipinski definition) is 1. The lowest BCUT2D eigenvalue weighted by atomic mass is 10.1. The van der Waals surface area contributed by atoms with Crippen molar-refractivity contribution < 1.29 is 0 Å². The predicted molar refractivity (Wildman–Crippen MR) is 47.3 cm³/mol. The Morgan fingerprint density at radius 1 is 1.60 bits per heavy atom. The number of aliphatic imine (C=N–C) groups is 1. The van der Waals surface area contributed by atoms with Crippen LogP contribution in [-0.4, -0.2) is 6.21 Å². The highest BCUT2D eigenvalue weighted by Gasteiger charge is 1.93. The molecule has 0 aromatic heterocycles. The predicted octanol–water partition coefficient (Wildman–Crippen LogP) is 2.80. The first-order valence-electron chi connectivity index (χ1n) is 3.48. The Labute approximate surface area is 63.2 Å². The molecule has 1 nitrogen and oxygen atoms in total. The van der Waals surface area contributed by atoms with Gasteiger partial charge in [0.2, 0.25) is 0 Å². The van der Waals surface area contributed by atoms with Crippen molar-refractivity contribution in [1.29, 1.82) is 0 Å². The molecule has 0 atom stereocenters. The van der Waals surface area contributed by atoms with Gasteiger partial charge in [-0.05, 0) is 17.9 Å². The molecule has 0 rings (SSSR count). The minimum Gasteiger partial charge on any atom is -0.265 e. The van der Waals surface area contributed by atoms with E-state index >= 15 is 0 Å². The number of nitrogens with zero attached hydrogens (tertiary/aromatic N) is 1. The van der Waals surface area contributed by atoms with Crippen molar-refractivity contribution in [2.75, 3.05) is 0 Å². The molecule has 0 saturated heterocycles. The Hall–Kier alpha value is -0.850. The van der Waals surface area contributed by atoms with Crippen LogP contribution in [0.4, 0.5) is 0 Å². The highest BCUT2D eigenvalue weighted by Crippen LogP contribution is 2.05. The van der Waals surface area contributed by atoms with Gasteiger partial charge in [0.15, 0.2) is 0 Å². The van der Waals surface area contributed by atoms with Crippen molar-refractivity contribution in [3.8, 4) is 0 Å². The van der Waals surface area contributed by atoms with Crippen LogP contribution in [-0.2, 0) is 0 Å².